The first-order chi connectivity index (χ1) is 7.06. The summed E-state index contributed by atoms with van der Waals surface area (Å²) in [5.74, 6) is 1.50. The smallest absolute Gasteiger partial charge is 0.236 e. The molecule has 0 amide bonds. The van der Waals surface area contributed by atoms with E-state index in [0.29, 0.717) is 24.3 Å². The molecule has 15 heavy (non-hydrogen) atoms. The normalized spacial score (nSPS) is 11.1. The van der Waals surface area contributed by atoms with E-state index in [-0.39, 0.29) is 0 Å². The zero-order valence-electron chi connectivity index (χ0n) is 10.2. The molecule has 0 N–H and O–H groups in total. The average molecular weight is 208 g/mol. The zero-order chi connectivity index (χ0) is 11.4. The second kappa shape index (κ2) is 5.10. The highest BCUT2D eigenvalue weighted by atomic mass is 16.5. The molecular weight excluding hydrogens is 188 g/mol. The maximum absolute atomic E-state index is 5.46. The molecule has 1 rings (SSSR count). The predicted molar refractivity (Wildman–Crippen MR) is 61.4 cm³/mol. The number of hydrogen-bond donors (Lipinski definition) is 0. The molecule has 1 aromatic heterocycles. The molecule has 1 heterocycles. The van der Waals surface area contributed by atoms with E-state index in [4.69, 9.17) is 4.74 Å². The van der Waals surface area contributed by atoms with E-state index >= 15 is 0 Å². The Labute approximate surface area is 91.9 Å². The van der Waals surface area contributed by atoms with Crippen molar-refractivity contribution >= 4 is 0 Å². The van der Waals surface area contributed by atoms with Crippen molar-refractivity contribution in [2.24, 2.45) is 0 Å². The molecule has 0 saturated heterocycles. The topological polar surface area (TPSA) is 35.0 Å². The molecule has 0 fully saturated rings. The van der Waals surface area contributed by atoms with Crippen molar-refractivity contribution in [1.29, 1.82) is 0 Å². The highest BCUT2D eigenvalue weighted by Crippen LogP contribution is 2.26. The molecule has 0 saturated carbocycles. The number of ether oxygens (including phenoxy) is 1. The van der Waals surface area contributed by atoms with E-state index in [0.717, 1.165) is 11.3 Å². The molecule has 0 aliphatic rings. The van der Waals surface area contributed by atoms with Crippen molar-refractivity contribution in [3.05, 3.63) is 17.3 Å². The highest BCUT2D eigenvalue weighted by Gasteiger charge is 2.12. The molecule has 0 bridgehead atoms. The van der Waals surface area contributed by atoms with E-state index < -0.39 is 0 Å². The predicted octanol–water partition coefficient (Wildman–Crippen LogP) is 3.12. The fourth-order valence-corrected chi connectivity index (χ4v) is 1.36. The molecule has 1 aromatic rings. The lowest BCUT2D eigenvalue weighted by atomic mass is 10.0. The summed E-state index contributed by atoms with van der Waals surface area (Å²) in [6, 6.07) is 2.10. The lowest BCUT2D eigenvalue weighted by Gasteiger charge is -2.13. The Morgan fingerprint density at radius 2 is 1.80 bits per heavy atom. The van der Waals surface area contributed by atoms with Crippen molar-refractivity contribution in [2.45, 2.75) is 46.5 Å². The number of aromatic nitrogens is 2. The van der Waals surface area contributed by atoms with Crippen LogP contribution in [-0.4, -0.2) is 16.8 Å². The van der Waals surface area contributed by atoms with Crippen LogP contribution >= 0.6 is 0 Å². The van der Waals surface area contributed by atoms with Gasteiger partial charge in [0.2, 0.25) is 5.88 Å². The van der Waals surface area contributed by atoms with Gasteiger partial charge in [0.15, 0.2) is 0 Å². The van der Waals surface area contributed by atoms with E-state index in [1.54, 1.807) is 0 Å². The maximum atomic E-state index is 5.46. The van der Waals surface area contributed by atoms with E-state index in [2.05, 4.69) is 44.0 Å². The Balaban J connectivity index is 3.09. The largest absolute Gasteiger partial charge is 0.477 e. The Morgan fingerprint density at radius 1 is 1.13 bits per heavy atom. The summed E-state index contributed by atoms with van der Waals surface area (Å²) in [5.41, 5.74) is 2.18. The first kappa shape index (κ1) is 12.0. The van der Waals surface area contributed by atoms with E-state index in [1.807, 2.05) is 6.92 Å². The molecule has 3 nitrogen and oxygen atoms in total. The molecule has 0 aromatic carbocycles. The molecule has 84 valence electrons. The third-order valence-corrected chi connectivity index (χ3v) is 2.30. The highest BCUT2D eigenvalue weighted by molar-refractivity contribution is 5.30. The molecule has 0 spiro atoms. The summed E-state index contributed by atoms with van der Waals surface area (Å²) in [6.07, 6.45) is 0. The number of rotatable bonds is 4. The van der Waals surface area contributed by atoms with Crippen LogP contribution in [0.2, 0.25) is 0 Å². The van der Waals surface area contributed by atoms with Gasteiger partial charge in [0.25, 0.3) is 0 Å². The van der Waals surface area contributed by atoms with Gasteiger partial charge >= 0.3 is 0 Å². The van der Waals surface area contributed by atoms with Crippen molar-refractivity contribution in [1.82, 2.24) is 10.2 Å². The van der Waals surface area contributed by atoms with E-state index in [9.17, 15) is 0 Å². The van der Waals surface area contributed by atoms with Crippen LogP contribution in [0, 0.1) is 0 Å². The van der Waals surface area contributed by atoms with Crippen LogP contribution in [0.4, 0.5) is 0 Å². The van der Waals surface area contributed by atoms with E-state index in [1.165, 1.54) is 0 Å². The second-order valence-corrected chi connectivity index (χ2v) is 4.27. The first-order valence-corrected chi connectivity index (χ1v) is 5.56. The van der Waals surface area contributed by atoms with Crippen LogP contribution in [0.5, 0.6) is 5.88 Å². The van der Waals surface area contributed by atoms with Gasteiger partial charge in [-0.3, -0.25) is 0 Å². The minimum atomic E-state index is 0.408. The molecule has 0 atom stereocenters. The molecule has 0 unspecified atom stereocenters. The molecule has 3 heteroatoms. The summed E-state index contributed by atoms with van der Waals surface area (Å²) >= 11 is 0. The fourth-order valence-electron chi connectivity index (χ4n) is 1.36. The molecular formula is C12H20N2O. The molecule has 0 aliphatic heterocycles. The lowest BCUT2D eigenvalue weighted by molar-refractivity contribution is 0.316. The Bertz CT molecular complexity index is 321. The Kier molecular flexibility index (Phi) is 4.06. The standard InChI is InChI=1S/C12H20N2O/c1-6-15-12-10(8(2)3)7-11(9(4)5)13-14-12/h7-9H,6H2,1-5H3. The fraction of sp³-hybridized carbons (Fsp3) is 0.667. The number of nitrogens with zero attached hydrogens (tertiary/aromatic N) is 2. The molecule has 0 aliphatic carbocycles. The van der Waals surface area contributed by atoms with Gasteiger partial charge in [-0.1, -0.05) is 27.7 Å². The Morgan fingerprint density at radius 3 is 2.27 bits per heavy atom. The van der Waals surface area contributed by atoms with Crippen LogP contribution in [0.3, 0.4) is 0 Å². The van der Waals surface area contributed by atoms with Gasteiger partial charge in [-0.05, 0) is 24.8 Å². The van der Waals surface area contributed by atoms with Gasteiger partial charge in [-0.15, -0.1) is 5.10 Å². The van der Waals surface area contributed by atoms with Crippen LogP contribution in [-0.2, 0) is 0 Å². The summed E-state index contributed by atoms with van der Waals surface area (Å²) in [7, 11) is 0. The van der Waals surface area contributed by atoms with Gasteiger partial charge in [-0.25, -0.2) is 0 Å². The van der Waals surface area contributed by atoms with Crippen molar-refractivity contribution < 1.29 is 4.74 Å². The quantitative estimate of drug-likeness (QED) is 0.762. The third kappa shape index (κ3) is 2.91. The van der Waals surface area contributed by atoms with Gasteiger partial charge in [0, 0.05) is 5.56 Å². The van der Waals surface area contributed by atoms with Crippen LogP contribution < -0.4 is 4.74 Å². The average Bonchev–Trinajstić information content (AvgIpc) is 2.18. The monoisotopic (exact) mass is 208 g/mol. The van der Waals surface area contributed by atoms with Crippen LogP contribution in [0.25, 0.3) is 0 Å². The van der Waals surface area contributed by atoms with Gasteiger partial charge < -0.3 is 4.74 Å². The number of hydrogen-bond acceptors (Lipinski definition) is 3. The summed E-state index contributed by atoms with van der Waals surface area (Å²) < 4.78 is 5.46. The van der Waals surface area contributed by atoms with Crippen molar-refractivity contribution in [2.75, 3.05) is 6.61 Å². The van der Waals surface area contributed by atoms with Gasteiger partial charge in [0.1, 0.15) is 0 Å². The van der Waals surface area contributed by atoms with Crippen LogP contribution in [0.1, 0.15) is 57.7 Å². The minimum absolute atomic E-state index is 0.408. The lowest BCUT2D eigenvalue weighted by Crippen LogP contribution is -2.05. The summed E-state index contributed by atoms with van der Waals surface area (Å²) in [6.45, 7) is 11.1. The Hall–Kier alpha value is -1.12. The second-order valence-electron chi connectivity index (χ2n) is 4.27. The molecule has 0 radical (unpaired) electrons. The summed E-state index contributed by atoms with van der Waals surface area (Å²) in [4.78, 5) is 0. The van der Waals surface area contributed by atoms with Crippen molar-refractivity contribution in [3.63, 3.8) is 0 Å². The van der Waals surface area contributed by atoms with Crippen LogP contribution in [0.15, 0.2) is 6.07 Å². The van der Waals surface area contributed by atoms with Crippen molar-refractivity contribution in [3.8, 4) is 5.88 Å². The summed E-state index contributed by atoms with van der Waals surface area (Å²) in [5, 5.41) is 8.30. The van der Waals surface area contributed by atoms with Gasteiger partial charge in [0.05, 0.1) is 12.3 Å². The minimum Gasteiger partial charge on any atom is -0.477 e. The van der Waals surface area contributed by atoms with Gasteiger partial charge in [-0.2, -0.15) is 5.10 Å². The maximum Gasteiger partial charge on any atom is 0.236 e. The SMILES string of the molecule is CCOc1nnc(C(C)C)cc1C(C)C. The first-order valence-electron chi connectivity index (χ1n) is 5.56. The zero-order valence-corrected chi connectivity index (χ0v) is 10.2. The third-order valence-electron chi connectivity index (χ3n) is 2.30.